The van der Waals surface area contributed by atoms with Gasteiger partial charge in [0.2, 0.25) is 0 Å². The van der Waals surface area contributed by atoms with Gasteiger partial charge in [-0.3, -0.25) is 9.59 Å². The summed E-state index contributed by atoms with van der Waals surface area (Å²) >= 11 is 0. The van der Waals surface area contributed by atoms with Crippen LogP contribution in [0.1, 0.15) is 108 Å². The van der Waals surface area contributed by atoms with Crippen LogP contribution in [0.2, 0.25) is 0 Å². The number of aliphatic hydroxyl groups is 2. The van der Waals surface area contributed by atoms with Crippen LogP contribution in [-0.4, -0.2) is 51.0 Å². The van der Waals surface area contributed by atoms with Crippen molar-refractivity contribution in [1.29, 1.82) is 0 Å². The van der Waals surface area contributed by atoms with Gasteiger partial charge in [-0.25, -0.2) is 0 Å². The van der Waals surface area contributed by atoms with Crippen LogP contribution in [0.3, 0.4) is 0 Å². The fourth-order valence-corrected chi connectivity index (χ4v) is 7.76. The van der Waals surface area contributed by atoms with Gasteiger partial charge in [-0.05, 0) is 82.4 Å². The molecule has 0 aromatic rings. The second kappa shape index (κ2) is 15.1. The molecule has 1 saturated heterocycles. The molecule has 6 heteroatoms. The predicted molar refractivity (Wildman–Crippen MR) is 194 cm³/mol. The monoisotopic (exact) mass is 658 g/mol. The van der Waals surface area contributed by atoms with E-state index in [0.717, 1.165) is 22.3 Å². The third kappa shape index (κ3) is 9.66. The van der Waals surface area contributed by atoms with Crippen molar-refractivity contribution >= 4 is 11.8 Å². The van der Waals surface area contributed by atoms with Crippen molar-refractivity contribution in [2.75, 3.05) is 0 Å². The van der Waals surface area contributed by atoms with Gasteiger partial charge in [-0.15, -0.1) is 5.73 Å². The highest BCUT2D eigenvalue weighted by molar-refractivity contribution is 5.96. The topological polar surface area (TPSA) is 96.4 Å². The van der Waals surface area contributed by atoms with Crippen LogP contribution in [0, 0.1) is 10.8 Å². The lowest BCUT2D eigenvalue weighted by atomic mass is 9.61. The first kappa shape index (κ1) is 39.2. The Labute approximate surface area is 289 Å². The van der Waals surface area contributed by atoms with Crippen molar-refractivity contribution < 1.29 is 29.3 Å². The summed E-state index contributed by atoms with van der Waals surface area (Å²) in [5, 5.41) is 21.4. The molecule has 2 N–H and O–H groups in total. The van der Waals surface area contributed by atoms with Gasteiger partial charge in [0.05, 0.1) is 17.3 Å². The molecular weight excluding hydrogens is 600 g/mol. The number of ether oxygens (including phenoxy) is 2. The molecule has 5 atom stereocenters. The second-order valence-corrected chi connectivity index (χ2v) is 15.9. The number of esters is 1. The summed E-state index contributed by atoms with van der Waals surface area (Å²) < 4.78 is 11.6. The van der Waals surface area contributed by atoms with Crippen LogP contribution in [0.25, 0.3) is 0 Å². The molecule has 48 heavy (non-hydrogen) atoms. The van der Waals surface area contributed by atoms with Crippen molar-refractivity contribution in [3.8, 4) is 0 Å². The second-order valence-electron chi connectivity index (χ2n) is 15.9. The molecule has 1 aliphatic heterocycles. The normalized spacial score (nSPS) is 32.4. The smallest absolute Gasteiger partial charge is 0.302 e. The SMILES string of the molecule is CC(=O)O[C@H]1CC(C)(C)C(=C=C/C(C)=C/C=C/C(C)=C/C=C/C=C(C)/C=C/C=C(\C)C(=O)CC23O[C@]2(C)C[C@@H](O)CC3(C)C)[C@](C)(O)C1. The molecule has 0 radical (unpaired) electrons. The van der Waals surface area contributed by atoms with Crippen LogP contribution in [0.5, 0.6) is 0 Å². The van der Waals surface area contributed by atoms with Crippen LogP contribution < -0.4 is 0 Å². The number of fused-ring (bicyclic) bond motifs is 1. The van der Waals surface area contributed by atoms with Crippen molar-refractivity contribution in [3.05, 3.63) is 100 Å². The first-order valence-corrected chi connectivity index (χ1v) is 17.1. The molecule has 0 aromatic heterocycles. The fraction of sp³-hybridized carbons (Fsp3) is 0.548. The average molecular weight is 659 g/mol. The zero-order valence-corrected chi connectivity index (χ0v) is 31.1. The van der Waals surface area contributed by atoms with Gasteiger partial charge < -0.3 is 19.7 Å². The van der Waals surface area contributed by atoms with E-state index in [1.807, 2.05) is 115 Å². The van der Waals surface area contributed by atoms with E-state index < -0.39 is 16.8 Å². The van der Waals surface area contributed by atoms with Gasteiger partial charge in [0.25, 0.3) is 0 Å². The lowest BCUT2D eigenvalue weighted by Gasteiger charge is -2.44. The number of hydrogen-bond donors (Lipinski definition) is 2. The number of carbonyl (C=O) groups is 2. The maximum Gasteiger partial charge on any atom is 0.302 e. The minimum absolute atomic E-state index is 0.0816. The highest BCUT2D eigenvalue weighted by Gasteiger charge is 2.76. The number of ketones is 1. The molecule has 1 heterocycles. The molecule has 3 rings (SSSR count). The third-order valence-electron chi connectivity index (χ3n) is 10.1. The summed E-state index contributed by atoms with van der Waals surface area (Å²) in [6.45, 7) is 21.4. The molecule has 2 aliphatic carbocycles. The molecule has 0 spiro atoms. The summed E-state index contributed by atoms with van der Waals surface area (Å²) in [6, 6.07) is 0. The Morgan fingerprint density at radius 3 is 1.92 bits per heavy atom. The van der Waals surface area contributed by atoms with Gasteiger partial charge in [0, 0.05) is 31.8 Å². The maximum absolute atomic E-state index is 13.1. The predicted octanol–water partition coefficient (Wildman–Crippen LogP) is 8.69. The molecule has 3 aliphatic rings. The number of Topliss-reactive ketones (excluding diaryl/α,β-unsaturated/α-hetero) is 1. The highest BCUT2D eigenvalue weighted by Crippen LogP contribution is 2.67. The lowest BCUT2D eigenvalue weighted by molar-refractivity contribution is -0.152. The largest absolute Gasteiger partial charge is 0.462 e. The van der Waals surface area contributed by atoms with E-state index in [9.17, 15) is 19.8 Å². The average Bonchev–Trinajstić information content (AvgIpc) is 3.53. The van der Waals surface area contributed by atoms with Gasteiger partial charge in [-0.2, -0.15) is 0 Å². The Balaban J connectivity index is 1.54. The number of rotatable bonds is 11. The number of aliphatic hydroxyl groups excluding tert-OH is 1. The summed E-state index contributed by atoms with van der Waals surface area (Å²) in [5.74, 6) is -0.244. The van der Waals surface area contributed by atoms with Gasteiger partial charge >= 0.3 is 5.97 Å². The van der Waals surface area contributed by atoms with E-state index in [1.54, 1.807) is 6.92 Å². The standard InChI is InChI=1S/C42H58O6/c1-29(18-14-19-31(3)22-23-37-38(6,7)26-35(47-33(5)43)27-40(37,10)46)16-12-13-17-30(2)20-15-21-32(4)36(45)28-42-39(8,9)24-34(44)25-41(42,11)48-42/h12-22,34-35,44,46H,24-28H2,1-11H3/b13-12+,18-14+,20-15+,29-16+,30-17+,31-19+,32-21+/t23?,34-,35-,40+,41+,42?/m0/s1. The molecule has 3 fully saturated rings. The minimum atomic E-state index is -1.11. The Morgan fingerprint density at radius 1 is 0.812 bits per heavy atom. The van der Waals surface area contributed by atoms with Gasteiger partial charge in [0.15, 0.2) is 5.78 Å². The van der Waals surface area contributed by atoms with Gasteiger partial charge in [-0.1, -0.05) is 99.6 Å². The molecule has 2 saturated carbocycles. The summed E-state index contributed by atoms with van der Waals surface area (Å²) in [4.78, 5) is 24.5. The van der Waals surface area contributed by atoms with E-state index in [0.29, 0.717) is 37.7 Å². The Bertz CT molecular complexity index is 1510. The van der Waals surface area contributed by atoms with Gasteiger partial charge in [0.1, 0.15) is 11.7 Å². The van der Waals surface area contributed by atoms with Crippen LogP contribution in [0.4, 0.5) is 0 Å². The van der Waals surface area contributed by atoms with E-state index in [4.69, 9.17) is 9.47 Å². The van der Waals surface area contributed by atoms with Crippen molar-refractivity contribution in [2.24, 2.45) is 10.8 Å². The molecular formula is C42H58O6. The van der Waals surface area contributed by atoms with E-state index in [-0.39, 0.29) is 34.8 Å². The molecule has 0 amide bonds. The maximum atomic E-state index is 13.1. The Kier molecular flexibility index (Phi) is 12.3. The zero-order chi connectivity index (χ0) is 36.1. The molecule has 6 nitrogen and oxygen atoms in total. The van der Waals surface area contributed by atoms with Crippen LogP contribution in [-0.2, 0) is 19.1 Å². The van der Waals surface area contributed by atoms with E-state index in [1.165, 1.54) is 6.92 Å². The minimum Gasteiger partial charge on any atom is -0.462 e. The highest BCUT2D eigenvalue weighted by atomic mass is 16.6. The van der Waals surface area contributed by atoms with Crippen molar-refractivity contribution in [1.82, 2.24) is 0 Å². The summed E-state index contributed by atoms with van der Waals surface area (Å²) in [5.41, 5.74) is 5.35. The Morgan fingerprint density at radius 2 is 1.38 bits per heavy atom. The molecule has 1 unspecified atom stereocenters. The number of hydrogen-bond acceptors (Lipinski definition) is 6. The molecule has 262 valence electrons. The number of carbonyl (C=O) groups excluding carboxylic acids is 2. The van der Waals surface area contributed by atoms with Crippen molar-refractivity contribution in [2.45, 2.75) is 137 Å². The lowest BCUT2D eigenvalue weighted by Crippen LogP contribution is -2.48. The Hall–Kier alpha value is -3.28. The summed E-state index contributed by atoms with van der Waals surface area (Å²) in [6.07, 6.45) is 23.6. The third-order valence-corrected chi connectivity index (χ3v) is 10.1. The first-order chi connectivity index (χ1) is 22.1. The van der Waals surface area contributed by atoms with E-state index in [2.05, 4.69) is 19.6 Å². The number of allylic oxidation sites excluding steroid dienone is 14. The van der Waals surface area contributed by atoms with Crippen molar-refractivity contribution in [3.63, 3.8) is 0 Å². The fourth-order valence-electron chi connectivity index (χ4n) is 7.76. The quantitative estimate of drug-likeness (QED) is 0.0758. The summed E-state index contributed by atoms with van der Waals surface area (Å²) in [7, 11) is 0. The molecule has 0 aromatic carbocycles. The van der Waals surface area contributed by atoms with Crippen LogP contribution in [0.15, 0.2) is 100 Å². The van der Waals surface area contributed by atoms with Crippen LogP contribution >= 0.6 is 0 Å². The number of epoxide rings is 1. The zero-order valence-electron chi connectivity index (χ0n) is 31.1. The van der Waals surface area contributed by atoms with E-state index >= 15 is 0 Å². The molecule has 0 bridgehead atoms. The first-order valence-electron chi connectivity index (χ1n) is 17.1.